The summed E-state index contributed by atoms with van der Waals surface area (Å²) in [5.41, 5.74) is -9.89. The van der Waals surface area contributed by atoms with E-state index in [0.29, 0.717) is 0 Å². The molecule has 3 rings (SSSR count). The molecule has 2 amide bonds. The van der Waals surface area contributed by atoms with E-state index in [9.17, 15) is 58.6 Å². The van der Waals surface area contributed by atoms with Crippen LogP contribution in [-0.4, -0.2) is 49.5 Å². The molecule has 17 heteroatoms. The van der Waals surface area contributed by atoms with Crippen molar-refractivity contribution >= 4 is 23.2 Å². The average Bonchev–Trinajstić information content (AvgIpc) is 2.92. The molecular weight excluding hydrogens is 634 g/mol. The minimum atomic E-state index is -6.66. The fourth-order valence-electron chi connectivity index (χ4n) is 4.35. The molecule has 0 aliphatic heterocycles. The first-order valence-electron chi connectivity index (χ1n) is 12.5. The number of carbonyl (C=O) groups excluding carboxylic acids is 2. The van der Waals surface area contributed by atoms with E-state index in [2.05, 4.69) is 4.74 Å². The second-order valence-corrected chi connectivity index (χ2v) is 9.22. The molecule has 244 valence electrons. The van der Waals surface area contributed by atoms with E-state index in [1.165, 1.54) is 25.1 Å². The number of rotatable bonds is 9. The zero-order valence-corrected chi connectivity index (χ0v) is 23.2. The summed E-state index contributed by atoms with van der Waals surface area (Å²) in [5.74, 6) is -6.26. The molecule has 7 nitrogen and oxygen atoms in total. The number of aryl methyl sites for hydroxylation is 1. The Morgan fingerprint density at radius 1 is 0.956 bits per heavy atom. The molecule has 3 aromatic carbocycles. The number of anilines is 2. The summed E-state index contributed by atoms with van der Waals surface area (Å²) in [4.78, 5) is 27.7. The number of phenols is 1. The number of hydrogen-bond donors (Lipinski definition) is 2. The van der Waals surface area contributed by atoms with E-state index < -0.39 is 76.6 Å². The van der Waals surface area contributed by atoms with Crippen molar-refractivity contribution < 1.29 is 68.1 Å². The van der Waals surface area contributed by atoms with Crippen molar-refractivity contribution in [3.63, 3.8) is 0 Å². The standard InChI is InChI=1S/C28H22F10N2O5/c1-4-40(24(43)16-9-8-15(29)10-13(16)2)18-7-5-6-17(22(18)44-3)23(42)39-21-19(41)11-14(12-20(21)45-25(30)31)26(32,27(33,34)35)28(36,37)38/h5-12,25,41H,4H2,1-3H3,(H,39,42). The zero-order valence-electron chi connectivity index (χ0n) is 23.2. The third kappa shape index (κ3) is 6.71. The highest BCUT2D eigenvalue weighted by Crippen LogP contribution is 2.55. The molecule has 45 heavy (non-hydrogen) atoms. The number of aromatic hydroxyl groups is 1. The lowest BCUT2D eigenvalue weighted by Gasteiger charge is -2.31. The van der Waals surface area contributed by atoms with Crippen molar-refractivity contribution in [2.75, 3.05) is 23.9 Å². The van der Waals surface area contributed by atoms with Gasteiger partial charge in [-0.05, 0) is 61.9 Å². The number of phenolic OH excluding ortho intramolecular Hbond substituents is 1. The lowest BCUT2D eigenvalue weighted by Crippen LogP contribution is -2.50. The number of methoxy groups -OCH3 is 1. The van der Waals surface area contributed by atoms with Gasteiger partial charge in [0.25, 0.3) is 11.8 Å². The van der Waals surface area contributed by atoms with Crippen molar-refractivity contribution in [2.24, 2.45) is 0 Å². The molecule has 0 aliphatic carbocycles. The van der Waals surface area contributed by atoms with Gasteiger partial charge in [-0.3, -0.25) is 9.59 Å². The van der Waals surface area contributed by atoms with E-state index in [1.807, 2.05) is 5.32 Å². The van der Waals surface area contributed by atoms with Gasteiger partial charge in [-0.15, -0.1) is 0 Å². The highest BCUT2D eigenvalue weighted by atomic mass is 19.4. The van der Waals surface area contributed by atoms with Gasteiger partial charge in [0.05, 0.1) is 18.4 Å². The molecule has 0 fully saturated rings. The minimum absolute atomic E-state index is 0.0326. The van der Waals surface area contributed by atoms with Gasteiger partial charge in [-0.2, -0.15) is 35.1 Å². The third-order valence-corrected chi connectivity index (χ3v) is 6.43. The summed E-state index contributed by atoms with van der Waals surface area (Å²) in [6, 6.07) is 6.28. The van der Waals surface area contributed by atoms with E-state index in [0.717, 1.165) is 30.2 Å². The van der Waals surface area contributed by atoms with E-state index in [4.69, 9.17) is 4.74 Å². The minimum Gasteiger partial charge on any atom is -0.506 e. The molecule has 0 heterocycles. The number of carbonyl (C=O) groups is 2. The second kappa shape index (κ2) is 12.7. The first-order chi connectivity index (χ1) is 20.8. The third-order valence-electron chi connectivity index (χ3n) is 6.43. The Labute approximate surface area is 248 Å². The van der Waals surface area contributed by atoms with E-state index >= 15 is 0 Å². The maximum absolute atomic E-state index is 14.6. The van der Waals surface area contributed by atoms with Gasteiger partial charge >= 0.3 is 24.6 Å². The number of nitrogens with one attached hydrogen (secondary N) is 1. The van der Waals surface area contributed by atoms with Gasteiger partial charge in [0, 0.05) is 17.7 Å². The Balaban J connectivity index is 2.12. The lowest BCUT2D eigenvalue weighted by molar-refractivity contribution is -0.348. The molecule has 0 aromatic heterocycles. The Morgan fingerprint density at radius 2 is 1.58 bits per heavy atom. The predicted molar refractivity (Wildman–Crippen MR) is 139 cm³/mol. The summed E-state index contributed by atoms with van der Waals surface area (Å²) in [6.07, 6.45) is -13.3. The number of alkyl halides is 9. The highest BCUT2D eigenvalue weighted by Gasteiger charge is 2.73. The van der Waals surface area contributed by atoms with Crippen LogP contribution in [0.5, 0.6) is 17.2 Å². The first-order valence-corrected chi connectivity index (χ1v) is 12.5. The molecular formula is C28H22F10N2O5. The number of amides is 2. The number of halogens is 10. The Kier molecular flexibility index (Phi) is 9.84. The largest absolute Gasteiger partial charge is 0.506 e. The van der Waals surface area contributed by atoms with Gasteiger partial charge in [-0.1, -0.05) is 6.07 Å². The highest BCUT2D eigenvalue weighted by molar-refractivity contribution is 6.12. The fourth-order valence-corrected chi connectivity index (χ4v) is 4.35. The molecule has 0 spiro atoms. The molecule has 0 aliphatic rings. The molecule has 0 saturated heterocycles. The van der Waals surface area contributed by atoms with Crippen LogP contribution in [0, 0.1) is 12.7 Å². The van der Waals surface area contributed by atoms with Crippen LogP contribution in [-0.2, 0) is 5.67 Å². The normalized spacial score (nSPS) is 12.2. The van der Waals surface area contributed by atoms with Crippen LogP contribution in [0.1, 0.15) is 38.8 Å². The molecule has 0 unspecified atom stereocenters. The Hall–Kier alpha value is -4.70. The number of benzene rings is 3. The number of hydrogen-bond acceptors (Lipinski definition) is 5. The number of ether oxygens (including phenoxy) is 2. The predicted octanol–water partition coefficient (Wildman–Crippen LogP) is 7.66. The quantitative estimate of drug-likeness (QED) is 0.183. The van der Waals surface area contributed by atoms with Crippen LogP contribution >= 0.6 is 0 Å². The van der Waals surface area contributed by atoms with Gasteiger partial charge in [0.2, 0.25) is 0 Å². The molecule has 0 saturated carbocycles. The van der Waals surface area contributed by atoms with Crippen LogP contribution in [0.25, 0.3) is 0 Å². The van der Waals surface area contributed by atoms with Crippen LogP contribution < -0.4 is 19.7 Å². The lowest BCUT2D eigenvalue weighted by atomic mass is 9.93. The molecule has 0 bridgehead atoms. The topological polar surface area (TPSA) is 88.1 Å². The van der Waals surface area contributed by atoms with Crippen LogP contribution in [0.4, 0.5) is 55.3 Å². The monoisotopic (exact) mass is 656 g/mol. The summed E-state index contributed by atoms with van der Waals surface area (Å²) in [6.45, 7) is -0.936. The summed E-state index contributed by atoms with van der Waals surface area (Å²) in [5, 5.41) is 12.1. The zero-order chi connectivity index (χ0) is 34.1. The fraction of sp³-hybridized carbons (Fsp3) is 0.286. The van der Waals surface area contributed by atoms with Crippen molar-refractivity contribution in [2.45, 2.75) is 38.5 Å². The molecule has 3 aromatic rings. The van der Waals surface area contributed by atoms with Gasteiger partial charge in [0.15, 0.2) is 11.5 Å². The van der Waals surface area contributed by atoms with Crippen LogP contribution in [0.3, 0.4) is 0 Å². The van der Waals surface area contributed by atoms with Gasteiger partial charge in [-0.25, -0.2) is 8.78 Å². The summed E-state index contributed by atoms with van der Waals surface area (Å²) >= 11 is 0. The Morgan fingerprint density at radius 3 is 2.09 bits per heavy atom. The maximum atomic E-state index is 14.6. The second-order valence-electron chi connectivity index (χ2n) is 9.22. The van der Waals surface area contributed by atoms with Gasteiger partial charge < -0.3 is 24.8 Å². The smallest absolute Gasteiger partial charge is 0.435 e. The van der Waals surface area contributed by atoms with Crippen LogP contribution in [0.15, 0.2) is 48.5 Å². The SMILES string of the molecule is CCN(C(=O)c1ccc(F)cc1C)c1cccc(C(=O)Nc2c(O)cc(C(F)(C(F)(F)F)C(F)(F)F)cc2OC(F)F)c1OC. The number of nitrogens with zero attached hydrogens (tertiary/aromatic N) is 1. The maximum Gasteiger partial charge on any atom is 0.435 e. The number of para-hydroxylation sites is 1. The summed E-state index contributed by atoms with van der Waals surface area (Å²) in [7, 11) is 1.07. The first kappa shape index (κ1) is 34.8. The molecule has 2 N–H and O–H groups in total. The van der Waals surface area contributed by atoms with Crippen LogP contribution in [0.2, 0.25) is 0 Å². The molecule has 0 radical (unpaired) electrons. The van der Waals surface area contributed by atoms with Crippen molar-refractivity contribution in [1.29, 1.82) is 0 Å². The van der Waals surface area contributed by atoms with E-state index in [1.54, 1.807) is 6.92 Å². The molecule has 0 atom stereocenters. The van der Waals surface area contributed by atoms with E-state index in [-0.39, 0.29) is 35.2 Å². The average molecular weight is 656 g/mol. The van der Waals surface area contributed by atoms with Gasteiger partial charge in [0.1, 0.15) is 17.3 Å². The summed E-state index contributed by atoms with van der Waals surface area (Å²) < 4.78 is 143. The van der Waals surface area contributed by atoms with Crippen molar-refractivity contribution in [1.82, 2.24) is 0 Å². The van der Waals surface area contributed by atoms with Crippen molar-refractivity contribution in [3.8, 4) is 17.2 Å². The Bertz CT molecular complexity index is 1580. The van der Waals surface area contributed by atoms with Crippen molar-refractivity contribution in [3.05, 3.63) is 76.6 Å².